The highest BCUT2D eigenvalue weighted by molar-refractivity contribution is 5.56. The summed E-state index contributed by atoms with van der Waals surface area (Å²) in [7, 11) is 1.59. The van der Waals surface area contributed by atoms with Crippen LogP contribution in [-0.4, -0.2) is 25.2 Å². The fourth-order valence-electron chi connectivity index (χ4n) is 3.14. The van der Waals surface area contributed by atoms with Gasteiger partial charge in [0.05, 0.1) is 12.7 Å². The smallest absolute Gasteiger partial charge is 0.433 e. The van der Waals surface area contributed by atoms with Gasteiger partial charge in [-0.05, 0) is 30.2 Å². The maximum atomic E-state index is 13.0. The molecule has 0 N–H and O–H groups in total. The molecular formula is C18H16F3N3O. The Kier molecular flexibility index (Phi) is 4.53. The van der Waals surface area contributed by atoms with Crippen molar-refractivity contribution >= 4 is 5.82 Å². The Bertz CT molecular complexity index is 814. The minimum Gasteiger partial charge on any atom is -0.496 e. The van der Waals surface area contributed by atoms with Crippen LogP contribution in [0.25, 0.3) is 0 Å². The van der Waals surface area contributed by atoms with Crippen molar-refractivity contribution in [2.75, 3.05) is 25.1 Å². The molecule has 1 aromatic heterocycles. The van der Waals surface area contributed by atoms with Gasteiger partial charge in [0.25, 0.3) is 0 Å². The number of halogens is 3. The number of aromatic nitrogens is 1. The predicted octanol–water partition coefficient (Wildman–Crippen LogP) is 3.97. The van der Waals surface area contributed by atoms with E-state index in [-0.39, 0.29) is 17.3 Å². The van der Waals surface area contributed by atoms with E-state index in [0.717, 1.165) is 23.8 Å². The van der Waals surface area contributed by atoms with Gasteiger partial charge in [-0.2, -0.15) is 18.4 Å². The zero-order valence-corrected chi connectivity index (χ0v) is 13.5. The van der Waals surface area contributed by atoms with Crippen LogP contribution in [0, 0.1) is 11.3 Å². The molecule has 25 heavy (non-hydrogen) atoms. The lowest BCUT2D eigenvalue weighted by atomic mass is 9.97. The fraction of sp³-hybridized carbons (Fsp3) is 0.333. The van der Waals surface area contributed by atoms with Crippen LogP contribution in [0.2, 0.25) is 0 Å². The monoisotopic (exact) mass is 347 g/mol. The molecule has 3 rings (SSSR count). The van der Waals surface area contributed by atoms with E-state index in [4.69, 9.17) is 4.74 Å². The third kappa shape index (κ3) is 3.38. The first kappa shape index (κ1) is 17.1. The number of pyridine rings is 1. The molecule has 1 unspecified atom stereocenters. The van der Waals surface area contributed by atoms with E-state index in [9.17, 15) is 18.4 Å². The number of benzene rings is 1. The van der Waals surface area contributed by atoms with E-state index in [1.807, 2.05) is 30.3 Å². The Hall–Kier alpha value is -2.75. The van der Waals surface area contributed by atoms with Crippen LogP contribution in [-0.2, 0) is 6.18 Å². The summed E-state index contributed by atoms with van der Waals surface area (Å²) in [5, 5.41) is 9.22. The van der Waals surface area contributed by atoms with Gasteiger partial charge < -0.3 is 9.64 Å². The lowest BCUT2D eigenvalue weighted by Crippen LogP contribution is -2.23. The van der Waals surface area contributed by atoms with Crippen molar-refractivity contribution < 1.29 is 17.9 Å². The first-order chi connectivity index (χ1) is 11.9. The van der Waals surface area contributed by atoms with Crippen molar-refractivity contribution in [1.29, 1.82) is 5.26 Å². The Balaban J connectivity index is 1.90. The van der Waals surface area contributed by atoms with E-state index >= 15 is 0 Å². The second kappa shape index (κ2) is 6.63. The highest BCUT2D eigenvalue weighted by Crippen LogP contribution is 2.37. The molecule has 1 aromatic carbocycles. The molecular weight excluding hydrogens is 331 g/mol. The summed E-state index contributed by atoms with van der Waals surface area (Å²) in [6.07, 6.45) is -3.78. The molecule has 0 radical (unpaired) electrons. The number of nitriles is 1. The Morgan fingerprint density at radius 3 is 2.68 bits per heavy atom. The van der Waals surface area contributed by atoms with Crippen LogP contribution >= 0.6 is 0 Å². The van der Waals surface area contributed by atoms with Gasteiger partial charge in [0.2, 0.25) is 0 Å². The summed E-state index contributed by atoms with van der Waals surface area (Å²) < 4.78 is 44.2. The molecule has 0 aliphatic carbocycles. The molecule has 2 aromatic rings. The standard InChI is InChI=1S/C18H16F3N3O/c1-25-15-5-3-2-4-14(15)13-8-9-24(11-13)17-12(10-22)6-7-16(23-17)18(19,20)21/h2-7,13H,8-9,11H2,1H3. The van der Waals surface area contributed by atoms with Crippen molar-refractivity contribution in [2.24, 2.45) is 0 Å². The van der Waals surface area contributed by atoms with Crippen LogP contribution in [0.3, 0.4) is 0 Å². The highest BCUT2D eigenvalue weighted by Gasteiger charge is 2.35. The summed E-state index contributed by atoms with van der Waals surface area (Å²) in [6, 6.07) is 11.6. The minimum atomic E-state index is -4.54. The van der Waals surface area contributed by atoms with Gasteiger partial charge in [-0.15, -0.1) is 0 Å². The quantitative estimate of drug-likeness (QED) is 0.843. The van der Waals surface area contributed by atoms with E-state index < -0.39 is 11.9 Å². The van der Waals surface area contributed by atoms with Crippen LogP contribution in [0.4, 0.5) is 19.0 Å². The average Bonchev–Trinajstić information content (AvgIpc) is 3.10. The number of ether oxygens (including phenoxy) is 1. The van der Waals surface area contributed by atoms with Crippen LogP contribution in [0.5, 0.6) is 5.75 Å². The van der Waals surface area contributed by atoms with Crippen molar-refractivity contribution in [3.05, 3.63) is 53.2 Å². The first-order valence-corrected chi connectivity index (χ1v) is 7.80. The Morgan fingerprint density at radius 1 is 1.24 bits per heavy atom. The number of methoxy groups -OCH3 is 1. The van der Waals surface area contributed by atoms with E-state index in [1.165, 1.54) is 6.07 Å². The van der Waals surface area contributed by atoms with Gasteiger partial charge in [-0.25, -0.2) is 4.98 Å². The summed E-state index contributed by atoms with van der Waals surface area (Å²) in [5.74, 6) is 0.959. The molecule has 1 aliphatic heterocycles. The molecule has 0 saturated carbocycles. The third-order valence-electron chi connectivity index (χ3n) is 4.35. The second-order valence-electron chi connectivity index (χ2n) is 5.85. The fourth-order valence-corrected chi connectivity index (χ4v) is 3.14. The molecule has 0 spiro atoms. The lowest BCUT2D eigenvalue weighted by molar-refractivity contribution is -0.141. The number of hydrogen-bond donors (Lipinski definition) is 0. The number of para-hydroxylation sites is 1. The SMILES string of the molecule is COc1ccccc1C1CCN(c2nc(C(F)(F)F)ccc2C#N)C1. The second-order valence-corrected chi connectivity index (χ2v) is 5.85. The van der Waals surface area contributed by atoms with E-state index in [1.54, 1.807) is 12.0 Å². The third-order valence-corrected chi connectivity index (χ3v) is 4.35. The van der Waals surface area contributed by atoms with Gasteiger partial charge in [-0.3, -0.25) is 0 Å². The summed E-state index contributed by atoms with van der Waals surface area (Å²) >= 11 is 0. The zero-order chi connectivity index (χ0) is 18.0. The van der Waals surface area contributed by atoms with Gasteiger partial charge in [0, 0.05) is 19.0 Å². The van der Waals surface area contributed by atoms with Crippen molar-refractivity contribution in [3.8, 4) is 11.8 Å². The molecule has 0 amide bonds. The van der Waals surface area contributed by atoms with Gasteiger partial charge in [0.1, 0.15) is 23.3 Å². The normalized spacial score (nSPS) is 17.4. The van der Waals surface area contributed by atoms with Gasteiger partial charge in [-0.1, -0.05) is 18.2 Å². The average molecular weight is 347 g/mol. The maximum absolute atomic E-state index is 13.0. The number of hydrogen-bond acceptors (Lipinski definition) is 4. The Labute approximate surface area is 143 Å². The molecule has 1 fully saturated rings. The molecule has 130 valence electrons. The van der Waals surface area contributed by atoms with Crippen molar-refractivity contribution in [2.45, 2.75) is 18.5 Å². The van der Waals surface area contributed by atoms with E-state index in [2.05, 4.69) is 4.98 Å². The summed E-state index contributed by atoms with van der Waals surface area (Å²) in [4.78, 5) is 5.46. The molecule has 1 atom stereocenters. The minimum absolute atomic E-state index is 0.0923. The van der Waals surface area contributed by atoms with Crippen LogP contribution in [0.1, 0.15) is 29.2 Å². The number of alkyl halides is 3. The van der Waals surface area contributed by atoms with Crippen molar-refractivity contribution in [1.82, 2.24) is 4.98 Å². The zero-order valence-electron chi connectivity index (χ0n) is 13.5. The van der Waals surface area contributed by atoms with Gasteiger partial charge in [0.15, 0.2) is 0 Å². The number of anilines is 1. The van der Waals surface area contributed by atoms with Gasteiger partial charge >= 0.3 is 6.18 Å². The largest absolute Gasteiger partial charge is 0.496 e. The van der Waals surface area contributed by atoms with Crippen LogP contribution < -0.4 is 9.64 Å². The molecule has 2 heterocycles. The highest BCUT2D eigenvalue weighted by atomic mass is 19.4. The first-order valence-electron chi connectivity index (χ1n) is 7.80. The molecule has 1 aliphatic rings. The van der Waals surface area contributed by atoms with Crippen molar-refractivity contribution in [3.63, 3.8) is 0 Å². The Morgan fingerprint density at radius 2 is 2.00 bits per heavy atom. The van der Waals surface area contributed by atoms with Crippen LogP contribution in [0.15, 0.2) is 36.4 Å². The molecule has 7 heteroatoms. The van der Waals surface area contributed by atoms with E-state index in [0.29, 0.717) is 13.1 Å². The summed E-state index contributed by atoms with van der Waals surface area (Å²) in [5.41, 5.74) is 0.175. The molecule has 4 nitrogen and oxygen atoms in total. The molecule has 0 bridgehead atoms. The molecule has 1 saturated heterocycles. The summed E-state index contributed by atoms with van der Waals surface area (Å²) in [6.45, 7) is 1.02. The maximum Gasteiger partial charge on any atom is 0.433 e. The number of rotatable bonds is 3. The topological polar surface area (TPSA) is 49.1 Å². The predicted molar refractivity (Wildman–Crippen MR) is 86.5 cm³/mol. The lowest BCUT2D eigenvalue weighted by Gasteiger charge is -2.20. The number of nitrogens with zero attached hydrogens (tertiary/aromatic N) is 3.